The molecule has 1 fully saturated rings. The van der Waals surface area contributed by atoms with E-state index in [1.165, 1.54) is 0 Å². The Morgan fingerprint density at radius 2 is 1.97 bits per heavy atom. The molecule has 1 unspecified atom stereocenters. The van der Waals surface area contributed by atoms with Gasteiger partial charge in [-0.05, 0) is 24.0 Å². The van der Waals surface area contributed by atoms with Crippen LogP contribution in [0.1, 0.15) is 37.4 Å². The van der Waals surface area contributed by atoms with Crippen molar-refractivity contribution in [3.63, 3.8) is 0 Å². The summed E-state index contributed by atoms with van der Waals surface area (Å²) in [6, 6.07) is 9.34. The molecule has 0 radical (unpaired) electrons. The number of hydrogen-bond acceptors (Lipinski definition) is 6. The van der Waals surface area contributed by atoms with Crippen molar-refractivity contribution in [2.24, 2.45) is 0 Å². The molecule has 31 heavy (non-hydrogen) atoms. The first kappa shape index (κ1) is 24.4. The van der Waals surface area contributed by atoms with Crippen LogP contribution in [0.2, 0.25) is 0 Å². The van der Waals surface area contributed by atoms with Crippen LogP contribution in [0.5, 0.6) is 5.75 Å². The molecular formula is C22H26N3NaO4S. The van der Waals surface area contributed by atoms with Gasteiger partial charge >= 0.3 is 29.6 Å². The van der Waals surface area contributed by atoms with E-state index in [0.717, 1.165) is 40.9 Å². The minimum atomic E-state index is -1.38. The van der Waals surface area contributed by atoms with Gasteiger partial charge in [0.1, 0.15) is 5.75 Å². The summed E-state index contributed by atoms with van der Waals surface area (Å²) >= 11 is 0. The number of ether oxygens (including phenoxy) is 3. The van der Waals surface area contributed by atoms with Gasteiger partial charge in [-0.3, -0.25) is 9.19 Å². The number of aromatic nitrogens is 3. The zero-order chi connectivity index (χ0) is 21.0. The predicted octanol–water partition coefficient (Wildman–Crippen LogP) is 0.519. The fourth-order valence-corrected chi connectivity index (χ4v) is 4.71. The molecule has 3 aromatic rings. The van der Waals surface area contributed by atoms with Gasteiger partial charge in [-0.1, -0.05) is 37.6 Å². The maximum Gasteiger partial charge on any atom is 1.00 e. The first-order valence-corrected chi connectivity index (χ1v) is 11.6. The van der Waals surface area contributed by atoms with Crippen molar-refractivity contribution in [1.29, 1.82) is 0 Å². The van der Waals surface area contributed by atoms with Crippen molar-refractivity contribution in [2.75, 3.05) is 19.8 Å². The van der Waals surface area contributed by atoms with Gasteiger partial charge in [0.15, 0.2) is 5.79 Å². The van der Waals surface area contributed by atoms with Crippen molar-refractivity contribution in [1.82, 2.24) is 15.0 Å². The fourth-order valence-electron chi connectivity index (χ4n) is 3.64. The summed E-state index contributed by atoms with van der Waals surface area (Å²) < 4.78 is 30.5. The molecule has 0 saturated carbocycles. The second kappa shape index (κ2) is 11.0. The zero-order valence-electron chi connectivity index (χ0n) is 18.3. The monoisotopic (exact) mass is 451 g/mol. The molecule has 0 aliphatic carbocycles. The van der Waals surface area contributed by atoms with Crippen molar-refractivity contribution in [3.05, 3.63) is 47.8 Å². The third-order valence-corrected chi connectivity index (χ3v) is 6.35. The van der Waals surface area contributed by atoms with Crippen LogP contribution in [-0.4, -0.2) is 39.8 Å². The molecule has 0 amide bonds. The van der Waals surface area contributed by atoms with Crippen LogP contribution in [0, 0.1) is 6.92 Å². The van der Waals surface area contributed by atoms with Crippen LogP contribution >= 0.6 is 0 Å². The van der Waals surface area contributed by atoms with E-state index in [4.69, 9.17) is 14.2 Å². The summed E-state index contributed by atoms with van der Waals surface area (Å²) in [6.07, 6.45) is 4.19. The fraction of sp³-hybridized carbons (Fsp3) is 0.455. The van der Waals surface area contributed by atoms with Gasteiger partial charge in [-0.2, -0.15) is 0 Å². The Kier molecular flexibility index (Phi) is 8.66. The second-order valence-electron chi connectivity index (χ2n) is 7.32. The molecule has 1 atom stereocenters. The van der Waals surface area contributed by atoms with Gasteiger partial charge in [0.25, 0.3) is 0 Å². The van der Waals surface area contributed by atoms with Crippen LogP contribution < -0.4 is 39.3 Å². The third kappa shape index (κ3) is 5.74. The van der Waals surface area contributed by atoms with Crippen LogP contribution in [-0.2, 0) is 26.0 Å². The van der Waals surface area contributed by atoms with E-state index in [2.05, 4.69) is 21.9 Å². The molecule has 3 heterocycles. The Morgan fingerprint density at radius 3 is 2.71 bits per heavy atom. The SMILES string of the molecule is CCCC1(CCOc2ccnc(CS(=O)c3nc4ccccc4[n-]3)c2C)OCCO1.[Na+]. The van der Waals surface area contributed by atoms with Gasteiger partial charge in [0.05, 0.1) is 42.1 Å². The Morgan fingerprint density at radius 1 is 1.19 bits per heavy atom. The summed E-state index contributed by atoms with van der Waals surface area (Å²) in [5.74, 6) is 0.442. The molecule has 0 bridgehead atoms. The first-order chi connectivity index (χ1) is 14.6. The van der Waals surface area contributed by atoms with E-state index < -0.39 is 16.6 Å². The number of pyridine rings is 1. The van der Waals surface area contributed by atoms with Crippen LogP contribution in [0.15, 0.2) is 41.7 Å². The number of para-hydroxylation sites is 2. The van der Waals surface area contributed by atoms with E-state index >= 15 is 0 Å². The molecule has 4 rings (SSSR count). The number of rotatable bonds is 9. The number of imidazole rings is 1. The number of hydrogen-bond donors (Lipinski definition) is 0. The molecule has 0 N–H and O–H groups in total. The van der Waals surface area contributed by atoms with Gasteiger partial charge in [0, 0.05) is 29.8 Å². The molecule has 1 aromatic carbocycles. The smallest absolute Gasteiger partial charge is 0.493 e. The Labute approximate surface area is 207 Å². The number of fused-ring (bicyclic) bond motifs is 1. The summed E-state index contributed by atoms with van der Waals surface area (Å²) in [5, 5.41) is 0.334. The third-order valence-electron chi connectivity index (χ3n) is 5.23. The normalized spacial score (nSPS) is 16.2. The van der Waals surface area contributed by atoms with Crippen molar-refractivity contribution < 1.29 is 48.0 Å². The summed E-state index contributed by atoms with van der Waals surface area (Å²) in [4.78, 5) is 13.2. The molecule has 2 aromatic heterocycles. The van der Waals surface area contributed by atoms with E-state index in [1.807, 2.05) is 37.3 Å². The number of nitrogens with zero attached hydrogens (tertiary/aromatic N) is 3. The summed E-state index contributed by atoms with van der Waals surface area (Å²) in [6.45, 7) is 5.78. The molecule has 7 nitrogen and oxygen atoms in total. The maximum atomic E-state index is 12.8. The molecule has 160 valence electrons. The second-order valence-corrected chi connectivity index (χ2v) is 8.67. The average molecular weight is 452 g/mol. The van der Waals surface area contributed by atoms with E-state index in [1.54, 1.807) is 6.20 Å². The molecule has 1 saturated heterocycles. The largest absolute Gasteiger partial charge is 1.00 e. The van der Waals surface area contributed by atoms with Gasteiger partial charge in [-0.15, -0.1) is 0 Å². The topological polar surface area (TPSA) is 84.6 Å². The van der Waals surface area contributed by atoms with Crippen LogP contribution in [0.4, 0.5) is 0 Å². The van der Waals surface area contributed by atoms with E-state index in [9.17, 15) is 4.21 Å². The van der Waals surface area contributed by atoms with Crippen molar-refractivity contribution >= 4 is 21.8 Å². The zero-order valence-corrected chi connectivity index (χ0v) is 21.1. The van der Waals surface area contributed by atoms with Gasteiger partial charge in [0.2, 0.25) is 0 Å². The molecule has 1 aliphatic rings. The quantitative estimate of drug-likeness (QED) is 0.439. The Balaban J connectivity index is 0.00000272. The summed E-state index contributed by atoms with van der Waals surface area (Å²) in [7, 11) is -1.38. The molecule has 1 aliphatic heterocycles. The predicted molar refractivity (Wildman–Crippen MR) is 114 cm³/mol. The van der Waals surface area contributed by atoms with E-state index in [-0.39, 0.29) is 35.3 Å². The molecule has 0 spiro atoms. The Hall–Kier alpha value is -1.29. The number of benzene rings is 1. The molecular weight excluding hydrogens is 425 g/mol. The van der Waals surface area contributed by atoms with Crippen LogP contribution in [0.25, 0.3) is 11.0 Å². The van der Waals surface area contributed by atoms with Crippen molar-refractivity contribution in [3.8, 4) is 5.75 Å². The Bertz CT molecular complexity index is 1000. The van der Waals surface area contributed by atoms with Crippen molar-refractivity contribution in [2.45, 2.75) is 49.8 Å². The van der Waals surface area contributed by atoms with E-state index in [0.29, 0.717) is 31.4 Å². The van der Waals surface area contributed by atoms with Gasteiger partial charge < -0.3 is 24.2 Å². The molecule has 9 heteroatoms. The van der Waals surface area contributed by atoms with Crippen LogP contribution in [0.3, 0.4) is 0 Å². The average Bonchev–Trinajstić information content (AvgIpc) is 3.38. The standard InChI is InChI=1S/C22H26N3O4S.Na/c1-3-9-22(28-13-14-29-22)10-12-27-20-8-11-23-19(16(20)2)15-30(26)21-24-17-6-4-5-7-18(17)25-21;/h4-8,11H,3,9-10,12-15H2,1-2H3;/q-1;+1. The minimum absolute atomic E-state index is 0. The first-order valence-electron chi connectivity index (χ1n) is 10.2. The minimum Gasteiger partial charge on any atom is -0.493 e. The summed E-state index contributed by atoms with van der Waals surface area (Å²) in [5.41, 5.74) is 3.09. The van der Waals surface area contributed by atoms with Gasteiger partial charge in [-0.25, -0.2) is 0 Å². The maximum absolute atomic E-state index is 12.8.